The summed E-state index contributed by atoms with van der Waals surface area (Å²) in [5.41, 5.74) is 0.927. The highest BCUT2D eigenvalue weighted by Crippen LogP contribution is 2.10. The van der Waals surface area contributed by atoms with Crippen molar-refractivity contribution in [3.63, 3.8) is 0 Å². The van der Waals surface area contributed by atoms with Crippen molar-refractivity contribution in [1.29, 1.82) is 0 Å². The molecule has 1 aromatic rings. The van der Waals surface area contributed by atoms with Crippen molar-refractivity contribution < 1.29 is 14.3 Å². The normalized spacial score (nSPS) is 19.7. The lowest BCUT2D eigenvalue weighted by atomic mass is 10.3. The Balaban J connectivity index is 1.82. The minimum atomic E-state index is -0.00859. The van der Waals surface area contributed by atoms with Gasteiger partial charge in [-0.15, -0.1) is 0 Å². The topological polar surface area (TPSA) is 51.7 Å². The van der Waals surface area contributed by atoms with Crippen LogP contribution in [0.1, 0.15) is 12.6 Å². The zero-order valence-corrected chi connectivity index (χ0v) is 10.8. The number of ether oxygens (including phenoxy) is 2. The molecule has 1 saturated heterocycles. The lowest BCUT2D eigenvalue weighted by molar-refractivity contribution is -0.140. The largest absolute Gasteiger partial charge is 0.482 e. The van der Waals surface area contributed by atoms with Gasteiger partial charge in [-0.1, -0.05) is 0 Å². The maximum Gasteiger partial charge on any atom is 0.260 e. The third-order valence-corrected chi connectivity index (χ3v) is 2.84. The average Bonchev–Trinajstić information content (AvgIpc) is 2.38. The van der Waals surface area contributed by atoms with Crippen LogP contribution in [-0.2, 0) is 9.53 Å². The van der Waals surface area contributed by atoms with Gasteiger partial charge >= 0.3 is 0 Å². The molecule has 1 atom stereocenters. The van der Waals surface area contributed by atoms with Crippen LogP contribution in [-0.4, -0.2) is 48.2 Å². The molecule has 0 aliphatic carbocycles. The van der Waals surface area contributed by atoms with Gasteiger partial charge in [0.2, 0.25) is 0 Å². The zero-order valence-electron chi connectivity index (χ0n) is 10.8. The lowest BCUT2D eigenvalue weighted by Gasteiger charge is -2.31. The fourth-order valence-electron chi connectivity index (χ4n) is 1.82. The number of rotatable bonds is 3. The molecule has 1 aromatic heterocycles. The Morgan fingerprint density at radius 3 is 3.11 bits per heavy atom. The predicted molar refractivity (Wildman–Crippen MR) is 66.5 cm³/mol. The van der Waals surface area contributed by atoms with Crippen molar-refractivity contribution in [2.24, 2.45) is 0 Å². The first-order valence-electron chi connectivity index (χ1n) is 6.10. The maximum atomic E-state index is 11.9. The molecule has 5 heteroatoms. The monoisotopic (exact) mass is 250 g/mol. The summed E-state index contributed by atoms with van der Waals surface area (Å²) in [4.78, 5) is 17.8. The molecule has 1 fully saturated rings. The third kappa shape index (κ3) is 3.43. The zero-order chi connectivity index (χ0) is 13.0. The minimum absolute atomic E-state index is 0.00859. The number of carbonyl (C=O) groups is 1. The Morgan fingerprint density at radius 2 is 2.44 bits per heavy atom. The van der Waals surface area contributed by atoms with Gasteiger partial charge in [-0.05, 0) is 26.0 Å². The Kier molecular flexibility index (Phi) is 4.15. The number of nitrogens with zero attached hydrogens (tertiary/aromatic N) is 2. The van der Waals surface area contributed by atoms with E-state index in [1.807, 2.05) is 26.0 Å². The lowest BCUT2D eigenvalue weighted by Crippen LogP contribution is -2.46. The van der Waals surface area contributed by atoms with Crippen LogP contribution in [0.25, 0.3) is 0 Å². The summed E-state index contributed by atoms with van der Waals surface area (Å²) in [6.07, 6.45) is 1.73. The fraction of sp³-hybridized carbons (Fsp3) is 0.538. The summed E-state index contributed by atoms with van der Waals surface area (Å²) < 4.78 is 10.8. The van der Waals surface area contributed by atoms with E-state index >= 15 is 0 Å². The molecule has 1 aliphatic heterocycles. The van der Waals surface area contributed by atoms with Gasteiger partial charge in [0.1, 0.15) is 5.75 Å². The Hall–Kier alpha value is -1.62. The average molecular weight is 250 g/mol. The Labute approximate surface area is 107 Å². The van der Waals surface area contributed by atoms with Gasteiger partial charge in [-0.2, -0.15) is 0 Å². The van der Waals surface area contributed by atoms with Crippen LogP contribution in [0.15, 0.2) is 18.3 Å². The molecule has 0 N–H and O–H groups in total. The second-order valence-electron chi connectivity index (χ2n) is 4.45. The van der Waals surface area contributed by atoms with E-state index in [0.29, 0.717) is 25.4 Å². The van der Waals surface area contributed by atoms with Gasteiger partial charge in [0.15, 0.2) is 6.61 Å². The molecule has 0 saturated carbocycles. The molecular formula is C13H18N2O3. The van der Waals surface area contributed by atoms with E-state index in [9.17, 15) is 4.79 Å². The molecule has 0 bridgehead atoms. The van der Waals surface area contributed by atoms with Crippen LogP contribution in [0, 0.1) is 6.92 Å². The number of amides is 1. The van der Waals surface area contributed by atoms with Gasteiger partial charge in [0.25, 0.3) is 5.91 Å². The molecule has 1 unspecified atom stereocenters. The minimum Gasteiger partial charge on any atom is -0.482 e. The number of pyridine rings is 1. The first kappa shape index (κ1) is 12.8. The predicted octanol–water partition coefficient (Wildman–Crippen LogP) is 1.02. The molecule has 1 amide bonds. The number of hydrogen-bond acceptors (Lipinski definition) is 4. The second-order valence-corrected chi connectivity index (χ2v) is 4.45. The van der Waals surface area contributed by atoms with Gasteiger partial charge in [-0.25, -0.2) is 0 Å². The van der Waals surface area contributed by atoms with Crippen LogP contribution >= 0.6 is 0 Å². The van der Waals surface area contributed by atoms with Gasteiger partial charge in [0.05, 0.1) is 18.9 Å². The summed E-state index contributed by atoms with van der Waals surface area (Å²) in [6, 6.07) is 3.67. The smallest absolute Gasteiger partial charge is 0.260 e. The number of aromatic nitrogens is 1. The highest BCUT2D eigenvalue weighted by atomic mass is 16.5. The maximum absolute atomic E-state index is 11.9. The van der Waals surface area contributed by atoms with E-state index in [0.717, 1.165) is 5.69 Å². The van der Waals surface area contributed by atoms with Crippen LogP contribution in [0.4, 0.5) is 0 Å². The number of aryl methyl sites for hydroxylation is 1. The van der Waals surface area contributed by atoms with Crippen molar-refractivity contribution >= 4 is 5.91 Å². The summed E-state index contributed by atoms with van der Waals surface area (Å²) in [5.74, 6) is 0.612. The Morgan fingerprint density at radius 1 is 1.61 bits per heavy atom. The van der Waals surface area contributed by atoms with Crippen molar-refractivity contribution in [2.45, 2.75) is 20.0 Å². The quantitative estimate of drug-likeness (QED) is 0.803. The number of carbonyl (C=O) groups excluding carboxylic acids is 1. The SMILES string of the molecule is Cc1ccc(OCC(=O)N2CCOC(C)C2)cn1. The van der Waals surface area contributed by atoms with E-state index in [4.69, 9.17) is 9.47 Å². The highest BCUT2D eigenvalue weighted by molar-refractivity contribution is 5.77. The molecule has 2 rings (SSSR count). The van der Waals surface area contributed by atoms with Gasteiger partial charge < -0.3 is 14.4 Å². The molecule has 1 aliphatic rings. The van der Waals surface area contributed by atoms with Crippen LogP contribution in [0.5, 0.6) is 5.75 Å². The molecule has 0 aromatic carbocycles. The van der Waals surface area contributed by atoms with Crippen molar-refractivity contribution in [1.82, 2.24) is 9.88 Å². The Bertz CT molecular complexity index is 405. The molecule has 0 radical (unpaired) electrons. The summed E-state index contributed by atoms with van der Waals surface area (Å²) in [5, 5.41) is 0. The summed E-state index contributed by atoms with van der Waals surface area (Å²) in [6.45, 7) is 5.79. The first-order valence-corrected chi connectivity index (χ1v) is 6.10. The van der Waals surface area contributed by atoms with Crippen LogP contribution in [0.2, 0.25) is 0 Å². The van der Waals surface area contributed by atoms with Crippen molar-refractivity contribution in [2.75, 3.05) is 26.3 Å². The summed E-state index contributed by atoms with van der Waals surface area (Å²) in [7, 11) is 0. The van der Waals surface area contributed by atoms with Crippen molar-refractivity contribution in [3.8, 4) is 5.75 Å². The molecule has 5 nitrogen and oxygen atoms in total. The van der Waals surface area contributed by atoms with E-state index in [2.05, 4.69) is 4.98 Å². The van der Waals surface area contributed by atoms with E-state index in [1.54, 1.807) is 11.1 Å². The van der Waals surface area contributed by atoms with E-state index < -0.39 is 0 Å². The van der Waals surface area contributed by atoms with E-state index in [-0.39, 0.29) is 18.6 Å². The number of morpholine rings is 1. The fourth-order valence-corrected chi connectivity index (χ4v) is 1.82. The molecule has 98 valence electrons. The third-order valence-electron chi connectivity index (χ3n) is 2.84. The highest BCUT2D eigenvalue weighted by Gasteiger charge is 2.21. The summed E-state index contributed by atoms with van der Waals surface area (Å²) >= 11 is 0. The van der Waals surface area contributed by atoms with Crippen LogP contribution in [0.3, 0.4) is 0 Å². The van der Waals surface area contributed by atoms with E-state index in [1.165, 1.54) is 0 Å². The number of hydrogen-bond donors (Lipinski definition) is 0. The molecule has 0 spiro atoms. The van der Waals surface area contributed by atoms with Gasteiger partial charge in [0, 0.05) is 18.8 Å². The van der Waals surface area contributed by atoms with Crippen LogP contribution < -0.4 is 4.74 Å². The molecule has 18 heavy (non-hydrogen) atoms. The standard InChI is InChI=1S/C13H18N2O3/c1-10-3-4-12(7-14-10)18-9-13(16)15-5-6-17-11(2)8-15/h3-4,7,11H,5-6,8-9H2,1-2H3. The first-order chi connectivity index (χ1) is 8.65. The second kappa shape index (κ2) is 5.82. The van der Waals surface area contributed by atoms with Crippen molar-refractivity contribution in [3.05, 3.63) is 24.0 Å². The molecule has 2 heterocycles. The molecular weight excluding hydrogens is 232 g/mol. The van der Waals surface area contributed by atoms with Gasteiger partial charge in [-0.3, -0.25) is 9.78 Å².